The third kappa shape index (κ3) is 4.44. The van der Waals surface area contributed by atoms with Gasteiger partial charge in [0.05, 0.1) is 6.61 Å². The Hall–Kier alpha value is -2.86. The summed E-state index contributed by atoms with van der Waals surface area (Å²) in [6.07, 6.45) is 2.50. The molecule has 0 bridgehead atoms. The Morgan fingerprint density at radius 1 is 1.13 bits per heavy atom. The number of anilines is 1. The zero-order valence-electron chi connectivity index (χ0n) is 18.3. The molecule has 6 heteroatoms. The Labute approximate surface area is 183 Å². The van der Waals surface area contributed by atoms with E-state index in [2.05, 4.69) is 17.4 Å². The molecule has 2 aliphatic rings. The van der Waals surface area contributed by atoms with E-state index < -0.39 is 0 Å². The molecule has 0 atom stereocenters. The van der Waals surface area contributed by atoms with Gasteiger partial charge in [0, 0.05) is 49.9 Å². The van der Waals surface area contributed by atoms with Crippen molar-refractivity contribution >= 4 is 17.5 Å². The van der Waals surface area contributed by atoms with Gasteiger partial charge in [-0.1, -0.05) is 12.1 Å². The molecule has 0 aromatic heterocycles. The van der Waals surface area contributed by atoms with Gasteiger partial charge in [0.1, 0.15) is 5.75 Å². The van der Waals surface area contributed by atoms with Crippen LogP contribution in [0.1, 0.15) is 48.2 Å². The summed E-state index contributed by atoms with van der Waals surface area (Å²) >= 11 is 0. The van der Waals surface area contributed by atoms with E-state index in [1.165, 1.54) is 5.56 Å². The van der Waals surface area contributed by atoms with Crippen LogP contribution in [0.15, 0.2) is 42.5 Å². The molecule has 1 N–H and O–H groups in total. The first-order valence-corrected chi connectivity index (χ1v) is 11.0. The molecule has 0 aliphatic carbocycles. The first kappa shape index (κ1) is 21.4. The fourth-order valence-electron chi connectivity index (χ4n) is 4.62. The second-order valence-corrected chi connectivity index (χ2v) is 8.30. The monoisotopic (exact) mass is 422 g/mol. The van der Waals surface area contributed by atoms with Gasteiger partial charge < -0.3 is 19.7 Å². The van der Waals surface area contributed by atoms with Gasteiger partial charge in [-0.05, 0) is 67.6 Å². The molecule has 4 rings (SSSR count). The molecule has 2 aromatic rings. The molecular weight excluding hydrogens is 392 g/mol. The highest BCUT2D eigenvalue weighted by Gasteiger charge is 2.35. The van der Waals surface area contributed by atoms with Gasteiger partial charge in [-0.15, -0.1) is 0 Å². The van der Waals surface area contributed by atoms with E-state index in [1.807, 2.05) is 37.3 Å². The van der Waals surface area contributed by atoms with Crippen LogP contribution in [0.2, 0.25) is 0 Å². The molecule has 2 aliphatic heterocycles. The van der Waals surface area contributed by atoms with Crippen LogP contribution in [-0.4, -0.2) is 44.7 Å². The average Bonchev–Trinajstić information content (AvgIpc) is 3.22. The number of hydrogen-bond acceptors (Lipinski definition) is 4. The SMILES string of the molecule is CCOc1ccc(C2(CNC(=O)c3ccc4c(c3)CCN4C(C)=O)CCOCC2)cc1. The minimum absolute atomic E-state index is 0.0350. The number of fused-ring (bicyclic) bond motifs is 1. The smallest absolute Gasteiger partial charge is 0.251 e. The highest BCUT2D eigenvalue weighted by atomic mass is 16.5. The number of carbonyl (C=O) groups excluding carboxylic acids is 2. The van der Waals surface area contributed by atoms with Gasteiger partial charge in [-0.3, -0.25) is 9.59 Å². The maximum Gasteiger partial charge on any atom is 0.251 e. The standard InChI is InChI=1S/C25H30N2O4/c1-3-31-22-7-5-21(6-8-22)25(11-14-30-15-12-25)17-26-24(29)20-4-9-23-19(16-20)10-13-27(23)18(2)28/h4-9,16H,3,10-15,17H2,1-2H3,(H,26,29). The van der Waals surface area contributed by atoms with Crippen molar-refractivity contribution in [1.82, 2.24) is 5.32 Å². The molecule has 0 spiro atoms. The number of nitrogens with one attached hydrogen (secondary N) is 1. The average molecular weight is 423 g/mol. The third-order valence-corrected chi connectivity index (χ3v) is 6.43. The van der Waals surface area contributed by atoms with Crippen molar-refractivity contribution in [1.29, 1.82) is 0 Å². The van der Waals surface area contributed by atoms with Crippen LogP contribution in [0.4, 0.5) is 5.69 Å². The van der Waals surface area contributed by atoms with Gasteiger partial charge >= 0.3 is 0 Å². The van der Waals surface area contributed by atoms with Crippen molar-refractivity contribution in [3.05, 3.63) is 59.2 Å². The minimum Gasteiger partial charge on any atom is -0.494 e. The fraction of sp³-hybridized carbons (Fsp3) is 0.440. The Bertz CT molecular complexity index is 948. The number of rotatable bonds is 6. The first-order chi connectivity index (χ1) is 15.0. The van der Waals surface area contributed by atoms with Crippen molar-refractivity contribution < 1.29 is 19.1 Å². The van der Waals surface area contributed by atoms with Crippen LogP contribution in [0.25, 0.3) is 0 Å². The van der Waals surface area contributed by atoms with E-state index in [0.717, 1.165) is 36.3 Å². The van der Waals surface area contributed by atoms with E-state index in [0.29, 0.717) is 38.5 Å². The van der Waals surface area contributed by atoms with Crippen LogP contribution in [-0.2, 0) is 21.4 Å². The Morgan fingerprint density at radius 2 is 1.87 bits per heavy atom. The van der Waals surface area contributed by atoms with Gasteiger partial charge in [0.15, 0.2) is 0 Å². The van der Waals surface area contributed by atoms with Crippen molar-refractivity contribution in [2.24, 2.45) is 0 Å². The van der Waals surface area contributed by atoms with Gasteiger partial charge in [-0.2, -0.15) is 0 Å². The summed E-state index contributed by atoms with van der Waals surface area (Å²) < 4.78 is 11.2. The van der Waals surface area contributed by atoms with Gasteiger partial charge in [0.2, 0.25) is 5.91 Å². The van der Waals surface area contributed by atoms with Crippen LogP contribution < -0.4 is 15.0 Å². The summed E-state index contributed by atoms with van der Waals surface area (Å²) in [4.78, 5) is 26.5. The summed E-state index contributed by atoms with van der Waals surface area (Å²) in [6.45, 7) is 6.78. The van der Waals surface area contributed by atoms with E-state index in [9.17, 15) is 9.59 Å². The number of ether oxygens (including phenoxy) is 2. The molecule has 2 heterocycles. The molecular formula is C25H30N2O4. The molecule has 6 nitrogen and oxygen atoms in total. The number of hydrogen-bond donors (Lipinski definition) is 1. The predicted octanol–water partition coefficient (Wildman–Crippen LogP) is 3.47. The largest absolute Gasteiger partial charge is 0.494 e. The van der Waals surface area contributed by atoms with Crippen LogP contribution in [0.5, 0.6) is 5.75 Å². The maximum atomic E-state index is 13.0. The number of amides is 2. The fourth-order valence-corrected chi connectivity index (χ4v) is 4.62. The molecule has 1 saturated heterocycles. The molecule has 0 radical (unpaired) electrons. The predicted molar refractivity (Wildman–Crippen MR) is 120 cm³/mol. The van der Waals surface area contributed by atoms with Crippen LogP contribution in [0.3, 0.4) is 0 Å². The molecule has 2 amide bonds. The summed E-state index contributed by atoms with van der Waals surface area (Å²) in [5, 5.41) is 3.17. The van der Waals surface area contributed by atoms with Crippen LogP contribution in [0, 0.1) is 0 Å². The minimum atomic E-state index is -0.152. The van der Waals surface area contributed by atoms with E-state index >= 15 is 0 Å². The maximum absolute atomic E-state index is 13.0. The molecule has 31 heavy (non-hydrogen) atoms. The lowest BCUT2D eigenvalue weighted by Crippen LogP contribution is -2.44. The van der Waals surface area contributed by atoms with Gasteiger partial charge in [0.25, 0.3) is 5.91 Å². The topological polar surface area (TPSA) is 67.9 Å². The zero-order chi connectivity index (χ0) is 21.8. The molecule has 1 fully saturated rings. The Morgan fingerprint density at radius 3 is 2.55 bits per heavy atom. The Balaban J connectivity index is 1.49. The molecule has 0 unspecified atom stereocenters. The number of carbonyl (C=O) groups is 2. The van der Waals surface area contributed by atoms with E-state index in [1.54, 1.807) is 11.8 Å². The van der Waals surface area contributed by atoms with Crippen molar-refractivity contribution in [2.45, 2.75) is 38.5 Å². The Kier molecular flexibility index (Phi) is 6.28. The zero-order valence-corrected chi connectivity index (χ0v) is 18.3. The van der Waals surface area contributed by atoms with Crippen molar-refractivity contribution in [2.75, 3.05) is 37.8 Å². The summed E-state index contributed by atoms with van der Waals surface area (Å²) in [5.41, 5.74) is 3.65. The number of nitrogens with zero attached hydrogens (tertiary/aromatic N) is 1. The van der Waals surface area contributed by atoms with E-state index in [-0.39, 0.29) is 17.2 Å². The molecule has 0 saturated carbocycles. The van der Waals surface area contributed by atoms with Crippen molar-refractivity contribution in [3.8, 4) is 5.75 Å². The molecule has 2 aromatic carbocycles. The normalized spacial score (nSPS) is 17.2. The second kappa shape index (κ2) is 9.10. The number of benzene rings is 2. The lowest BCUT2D eigenvalue weighted by atomic mass is 9.74. The lowest BCUT2D eigenvalue weighted by Gasteiger charge is -2.38. The summed E-state index contributed by atoms with van der Waals surface area (Å²) in [5.74, 6) is 0.809. The van der Waals surface area contributed by atoms with Crippen molar-refractivity contribution in [3.63, 3.8) is 0 Å². The van der Waals surface area contributed by atoms with E-state index in [4.69, 9.17) is 9.47 Å². The summed E-state index contributed by atoms with van der Waals surface area (Å²) in [7, 11) is 0. The second-order valence-electron chi connectivity index (χ2n) is 8.30. The van der Waals surface area contributed by atoms with Gasteiger partial charge in [-0.25, -0.2) is 0 Å². The lowest BCUT2D eigenvalue weighted by molar-refractivity contribution is -0.116. The van der Waals surface area contributed by atoms with Crippen LogP contribution >= 0.6 is 0 Å². The molecule has 164 valence electrons. The summed E-state index contributed by atoms with van der Waals surface area (Å²) in [6, 6.07) is 13.8. The highest BCUT2D eigenvalue weighted by Crippen LogP contribution is 2.35. The third-order valence-electron chi connectivity index (χ3n) is 6.43. The highest BCUT2D eigenvalue weighted by molar-refractivity contribution is 5.97. The first-order valence-electron chi connectivity index (χ1n) is 11.0. The quantitative estimate of drug-likeness (QED) is 0.774.